The Kier molecular flexibility index (Phi) is 4.84. The van der Waals surface area contributed by atoms with Gasteiger partial charge >= 0.3 is 0 Å². The number of aryl methyl sites for hydroxylation is 1. The Balaban J connectivity index is 1.89. The molecular weight excluding hydrogens is 244 g/mol. The maximum Gasteiger partial charge on any atom is 0.245 e. The summed E-state index contributed by atoms with van der Waals surface area (Å²) >= 11 is 4.20. The molecule has 4 heteroatoms. The van der Waals surface area contributed by atoms with Crippen molar-refractivity contribution in [3.63, 3.8) is 0 Å². The molecule has 1 aliphatic heterocycles. The Hall–Kier alpha value is -1.26. The summed E-state index contributed by atoms with van der Waals surface area (Å²) in [6, 6.07) is 7.80. The van der Waals surface area contributed by atoms with Crippen molar-refractivity contribution in [1.82, 2.24) is 5.32 Å². The molecule has 0 aliphatic carbocycles. The van der Waals surface area contributed by atoms with Gasteiger partial charge in [0.2, 0.25) is 5.91 Å². The molecule has 1 aromatic rings. The lowest BCUT2D eigenvalue weighted by Crippen LogP contribution is -2.35. The van der Waals surface area contributed by atoms with Crippen LogP contribution in [0.2, 0.25) is 0 Å². The van der Waals surface area contributed by atoms with Gasteiger partial charge in [-0.25, -0.2) is 0 Å². The van der Waals surface area contributed by atoms with Gasteiger partial charge in [-0.1, -0.05) is 24.3 Å². The summed E-state index contributed by atoms with van der Waals surface area (Å²) < 4.78 is 0. The van der Waals surface area contributed by atoms with Gasteiger partial charge in [-0.05, 0) is 36.3 Å². The van der Waals surface area contributed by atoms with Crippen LogP contribution in [0.25, 0.3) is 0 Å². The predicted octanol–water partition coefficient (Wildman–Crippen LogP) is 2.02. The van der Waals surface area contributed by atoms with Gasteiger partial charge in [0.1, 0.15) is 6.04 Å². The molecule has 1 heterocycles. The molecule has 0 aromatic heterocycles. The number of nitrogens with one attached hydrogen (secondary N) is 2. The number of rotatable bonds is 5. The van der Waals surface area contributed by atoms with Crippen LogP contribution >= 0.6 is 12.6 Å². The number of anilines is 1. The lowest BCUT2D eigenvalue weighted by molar-refractivity contribution is -0.116. The number of carbonyl (C=O) groups is 1. The summed E-state index contributed by atoms with van der Waals surface area (Å²) in [5, 5.41) is 5.98. The fourth-order valence-electron chi connectivity index (χ4n) is 1.91. The van der Waals surface area contributed by atoms with Gasteiger partial charge in [-0.2, -0.15) is 12.6 Å². The van der Waals surface area contributed by atoms with E-state index < -0.39 is 0 Å². The third-order valence-corrected chi connectivity index (χ3v) is 3.23. The molecule has 96 valence electrons. The van der Waals surface area contributed by atoms with Crippen LogP contribution in [0.5, 0.6) is 0 Å². The van der Waals surface area contributed by atoms with Gasteiger partial charge in [0.05, 0.1) is 0 Å². The molecule has 1 amide bonds. The van der Waals surface area contributed by atoms with E-state index >= 15 is 0 Å². The minimum atomic E-state index is -0.200. The van der Waals surface area contributed by atoms with Crippen molar-refractivity contribution in [2.45, 2.75) is 18.9 Å². The molecule has 0 bridgehead atoms. The normalized spacial score (nSPS) is 17.9. The SMILES string of the molecule is O=C(Nc1ccc(CCCS)cc1)C1C=CCN1. The van der Waals surface area contributed by atoms with Crippen molar-refractivity contribution in [1.29, 1.82) is 0 Å². The molecule has 0 saturated carbocycles. The molecular formula is C14H18N2OS. The van der Waals surface area contributed by atoms with Crippen molar-refractivity contribution in [3.05, 3.63) is 42.0 Å². The Morgan fingerprint density at radius 2 is 2.17 bits per heavy atom. The number of hydrogen-bond donors (Lipinski definition) is 3. The van der Waals surface area contributed by atoms with E-state index in [1.807, 2.05) is 24.3 Å². The van der Waals surface area contributed by atoms with E-state index in [0.717, 1.165) is 30.8 Å². The van der Waals surface area contributed by atoms with Crippen LogP contribution < -0.4 is 10.6 Å². The first kappa shape index (κ1) is 13.2. The van der Waals surface area contributed by atoms with Crippen LogP contribution in [0, 0.1) is 0 Å². The van der Waals surface area contributed by atoms with E-state index in [2.05, 4.69) is 35.4 Å². The fraction of sp³-hybridized carbons (Fsp3) is 0.357. The second kappa shape index (κ2) is 6.61. The van der Waals surface area contributed by atoms with Crippen LogP contribution in [-0.2, 0) is 11.2 Å². The zero-order valence-electron chi connectivity index (χ0n) is 10.2. The van der Waals surface area contributed by atoms with Crippen LogP contribution in [0.1, 0.15) is 12.0 Å². The summed E-state index contributed by atoms with van der Waals surface area (Å²) in [6.07, 6.45) is 5.96. The van der Waals surface area contributed by atoms with Crippen LogP contribution in [-0.4, -0.2) is 24.2 Å². The van der Waals surface area contributed by atoms with E-state index in [9.17, 15) is 4.79 Å². The Morgan fingerprint density at radius 1 is 1.39 bits per heavy atom. The van der Waals surface area contributed by atoms with Crippen LogP contribution in [0.3, 0.4) is 0 Å². The molecule has 2 rings (SSSR count). The summed E-state index contributed by atoms with van der Waals surface area (Å²) in [6.45, 7) is 0.765. The first-order valence-electron chi connectivity index (χ1n) is 6.20. The molecule has 0 radical (unpaired) electrons. The average molecular weight is 262 g/mol. The molecule has 0 fully saturated rings. The molecule has 2 N–H and O–H groups in total. The highest BCUT2D eigenvalue weighted by Crippen LogP contribution is 2.12. The third-order valence-electron chi connectivity index (χ3n) is 2.91. The van der Waals surface area contributed by atoms with Crippen molar-refractivity contribution in [2.75, 3.05) is 17.6 Å². The Morgan fingerprint density at radius 3 is 2.78 bits per heavy atom. The lowest BCUT2D eigenvalue weighted by Gasteiger charge is -2.10. The minimum Gasteiger partial charge on any atom is -0.324 e. The first-order valence-corrected chi connectivity index (χ1v) is 6.83. The zero-order valence-corrected chi connectivity index (χ0v) is 11.1. The van der Waals surface area contributed by atoms with Crippen molar-refractivity contribution < 1.29 is 4.79 Å². The molecule has 3 nitrogen and oxygen atoms in total. The second-order valence-corrected chi connectivity index (χ2v) is 4.77. The molecule has 1 aliphatic rings. The molecule has 1 atom stereocenters. The van der Waals surface area contributed by atoms with E-state index in [-0.39, 0.29) is 11.9 Å². The van der Waals surface area contributed by atoms with Crippen molar-refractivity contribution in [3.8, 4) is 0 Å². The van der Waals surface area contributed by atoms with E-state index in [1.54, 1.807) is 0 Å². The fourth-order valence-corrected chi connectivity index (χ4v) is 2.06. The van der Waals surface area contributed by atoms with Gasteiger partial charge < -0.3 is 5.32 Å². The highest BCUT2D eigenvalue weighted by molar-refractivity contribution is 7.80. The number of hydrogen-bond acceptors (Lipinski definition) is 3. The van der Waals surface area contributed by atoms with Gasteiger partial charge in [-0.3, -0.25) is 10.1 Å². The summed E-state index contributed by atoms with van der Waals surface area (Å²) in [7, 11) is 0. The van der Waals surface area contributed by atoms with Crippen LogP contribution in [0.15, 0.2) is 36.4 Å². The maximum absolute atomic E-state index is 11.8. The largest absolute Gasteiger partial charge is 0.324 e. The number of benzene rings is 1. The lowest BCUT2D eigenvalue weighted by atomic mass is 10.1. The van der Waals surface area contributed by atoms with Gasteiger partial charge in [-0.15, -0.1) is 0 Å². The predicted molar refractivity (Wildman–Crippen MR) is 78.2 cm³/mol. The van der Waals surface area contributed by atoms with Crippen molar-refractivity contribution >= 4 is 24.2 Å². The molecule has 1 aromatic carbocycles. The Labute approximate surface area is 113 Å². The van der Waals surface area contributed by atoms with Gasteiger partial charge in [0.15, 0.2) is 0 Å². The first-order chi connectivity index (χ1) is 8.79. The van der Waals surface area contributed by atoms with E-state index in [4.69, 9.17) is 0 Å². The van der Waals surface area contributed by atoms with E-state index in [1.165, 1.54) is 5.56 Å². The molecule has 1 unspecified atom stereocenters. The number of thiol groups is 1. The van der Waals surface area contributed by atoms with E-state index in [0.29, 0.717) is 0 Å². The smallest absolute Gasteiger partial charge is 0.245 e. The standard InChI is InChI=1S/C14H18N2OS/c17-14(13-4-1-9-15-13)16-12-7-5-11(6-8-12)3-2-10-18/h1,4-8,13,15,18H,2-3,9-10H2,(H,16,17). The quantitative estimate of drug-likeness (QED) is 0.561. The van der Waals surface area contributed by atoms with Gasteiger partial charge in [0, 0.05) is 12.2 Å². The summed E-state index contributed by atoms with van der Waals surface area (Å²) in [4.78, 5) is 11.8. The second-order valence-electron chi connectivity index (χ2n) is 4.33. The zero-order chi connectivity index (χ0) is 12.8. The third kappa shape index (κ3) is 3.62. The number of carbonyl (C=O) groups excluding carboxylic acids is 1. The molecule has 0 spiro atoms. The van der Waals surface area contributed by atoms with Gasteiger partial charge in [0.25, 0.3) is 0 Å². The highest BCUT2D eigenvalue weighted by atomic mass is 32.1. The van der Waals surface area contributed by atoms with Crippen molar-refractivity contribution in [2.24, 2.45) is 0 Å². The molecule has 18 heavy (non-hydrogen) atoms. The van der Waals surface area contributed by atoms with Crippen LogP contribution in [0.4, 0.5) is 5.69 Å². The monoisotopic (exact) mass is 262 g/mol. The summed E-state index contributed by atoms with van der Waals surface area (Å²) in [5.41, 5.74) is 2.12. The number of amides is 1. The topological polar surface area (TPSA) is 41.1 Å². The maximum atomic E-state index is 11.8. The minimum absolute atomic E-state index is 0.00754. The Bertz CT molecular complexity index is 428. The highest BCUT2D eigenvalue weighted by Gasteiger charge is 2.16. The summed E-state index contributed by atoms with van der Waals surface area (Å²) in [5.74, 6) is 0.893. The average Bonchev–Trinajstić information content (AvgIpc) is 2.92. The molecule has 0 saturated heterocycles.